The van der Waals surface area contributed by atoms with Crippen LogP contribution in [0, 0.1) is 0 Å². The zero-order valence-electron chi connectivity index (χ0n) is 53.5. The number of sulfonamides is 2. The van der Waals surface area contributed by atoms with Crippen molar-refractivity contribution < 1.29 is 115 Å². The van der Waals surface area contributed by atoms with Gasteiger partial charge in [-0.2, -0.15) is 26.3 Å². The van der Waals surface area contributed by atoms with E-state index in [4.69, 9.17) is 14.5 Å². The monoisotopic (exact) mass is 2060 g/mol. The van der Waals surface area contributed by atoms with Crippen LogP contribution in [-0.4, -0.2) is 154 Å². The minimum atomic E-state index is -5.45. The molecule has 0 unspecified atom stereocenters. The van der Waals surface area contributed by atoms with Gasteiger partial charge in [-0.05, 0) is 27.8 Å². The van der Waals surface area contributed by atoms with Crippen LogP contribution < -0.4 is 63.6 Å². The third kappa shape index (κ3) is 41.8. The second kappa shape index (κ2) is 53.4. The molecule has 5 rings (SSSR count). The standard InChI is InChI=1S/C15H16F4IN3O4.C13H16IN3O4.C11H12F2IN3O5S.C11H15IN2O4S.C9H10INO2/c16-14(17,12(25)22-7-6-21-11(24)8-20)15(18,19)13(26)23-27-9-10-4-2-1-3-5-10;14-8-11(18)15-6-7-16-12(19)13(20)17-21-9-10-4-2-1-3-5-10;12-11(13,10(19)16-15-9(18)6-14)23(20,21)17-22-7-8-4-2-1-3-5-8;12-8-11(15)13-6-7-19(16,17)14-18-9-10-4-2-1-3-5-10;10-6-9(12)11-13-7-8-4-2-1-3-5-8/h1-5H,6-9H2,(H,21,24)(H,22,25)(H,23,26);1-5H,6-9H2,(H,15,18)(H,16,19)(H,17,20);1-5,17H,6-7H2,(H,15,18)(H,16,19);1-5,14H,6-9H2,(H,13,15);1-5H,6-7H2,(H,11,12). The molecule has 0 fully saturated rings. The van der Waals surface area contributed by atoms with Crippen LogP contribution in [0.3, 0.4) is 0 Å². The quantitative estimate of drug-likeness (QED) is 0.00681. The third-order valence-electron chi connectivity index (χ3n) is 11.1. The first-order chi connectivity index (χ1) is 48.8. The van der Waals surface area contributed by atoms with Gasteiger partial charge in [0.15, 0.2) is 0 Å². The molecule has 5 aromatic rings. The average Bonchev–Trinajstić information content (AvgIpc) is 0.793. The Labute approximate surface area is 655 Å². The second-order valence-corrected chi connectivity index (χ2v) is 26.5. The molecule has 0 aliphatic carbocycles. The molecule has 10 amide bonds. The van der Waals surface area contributed by atoms with Crippen LogP contribution in [0.25, 0.3) is 0 Å². The zero-order valence-corrected chi connectivity index (χ0v) is 65.9. The van der Waals surface area contributed by atoms with Crippen LogP contribution in [-0.2, 0) is 125 Å². The Morgan fingerprint density at radius 2 is 0.650 bits per heavy atom. The van der Waals surface area contributed by atoms with Gasteiger partial charge < -0.3 is 26.6 Å². The van der Waals surface area contributed by atoms with Gasteiger partial charge in [-0.1, -0.05) is 274 Å². The summed E-state index contributed by atoms with van der Waals surface area (Å²) in [6, 6.07) is 44.3. The Morgan fingerprint density at radius 1 is 0.330 bits per heavy atom. The van der Waals surface area contributed by atoms with Crippen molar-refractivity contribution in [3.05, 3.63) is 179 Å². The minimum Gasteiger partial charge on any atom is -0.354 e. The Bertz CT molecular complexity index is 3640. The number of carbonyl (C=O) groups excluding carboxylic acids is 10. The van der Waals surface area contributed by atoms with E-state index in [0.717, 1.165) is 16.7 Å². The highest BCUT2D eigenvalue weighted by Crippen LogP contribution is 2.35. The lowest BCUT2D eigenvalue weighted by Crippen LogP contribution is -2.59. The highest BCUT2D eigenvalue weighted by atomic mass is 127. The first kappa shape index (κ1) is 94.7. The summed E-state index contributed by atoms with van der Waals surface area (Å²) in [6.07, 6.45) is 0. The van der Waals surface area contributed by atoms with E-state index in [1.807, 2.05) is 164 Å². The number of rotatable bonds is 36. The molecule has 0 saturated heterocycles. The predicted molar refractivity (Wildman–Crippen MR) is 400 cm³/mol. The lowest BCUT2D eigenvalue weighted by atomic mass is 10.1. The van der Waals surface area contributed by atoms with Crippen LogP contribution in [0.2, 0.25) is 0 Å². The molecule has 0 atom stereocenters. The SMILES string of the molecule is O=C(CI)NCCNC(=O)C(=O)NOCc1ccccc1.O=C(CI)NCCNC(=O)C(F)(F)C(F)(F)C(=O)NOCc1ccccc1.O=C(CI)NCCS(=O)(=O)NOCc1ccccc1.O=C(CI)NNC(=O)C(F)(F)S(=O)(=O)NOCc1ccccc1.O=C(CI)NOCc1ccccc1. The molecule has 5 aromatic carbocycles. The molecule has 0 aromatic heterocycles. The van der Waals surface area contributed by atoms with E-state index in [1.165, 1.54) is 21.1 Å². The molecule has 0 radical (unpaired) electrons. The van der Waals surface area contributed by atoms with Gasteiger partial charge in [0.1, 0.15) is 0 Å². The molecule has 568 valence electrons. The number of hydrogen-bond acceptors (Lipinski definition) is 19. The maximum absolute atomic E-state index is 13.7. The van der Waals surface area contributed by atoms with Crippen molar-refractivity contribution in [3.8, 4) is 0 Å². The van der Waals surface area contributed by atoms with Crippen molar-refractivity contribution in [1.29, 1.82) is 0 Å². The van der Waals surface area contributed by atoms with Gasteiger partial charge in [0.2, 0.25) is 33.7 Å². The Balaban J connectivity index is 0.000000654. The van der Waals surface area contributed by atoms with E-state index >= 15 is 0 Å². The smallest absolute Gasteiger partial charge is 0.354 e. The van der Waals surface area contributed by atoms with Crippen molar-refractivity contribution in [1.82, 2.24) is 63.6 Å². The Kier molecular flexibility index (Phi) is 49.1. The average molecular weight is 2060 g/mol. The van der Waals surface area contributed by atoms with Crippen molar-refractivity contribution in [3.63, 3.8) is 0 Å². The molecule has 0 aliphatic rings. The van der Waals surface area contributed by atoms with E-state index in [2.05, 4.69) is 41.9 Å². The number of nitrogens with one attached hydrogen (secondary N) is 12. The molecule has 103 heavy (non-hydrogen) atoms. The van der Waals surface area contributed by atoms with E-state index in [0.29, 0.717) is 31.0 Å². The first-order valence-corrected chi connectivity index (χ1v) is 39.7. The first-order valence-electron chi connectivity index (χ1n) is 28.9. The largest absolute Gasteiger partial charge is 0.438 e. The predicted octanol–water partition coefficient (Wildman–Crippen LogP) is 3.55. The summed E-state index contributed by atoms with van der Waals surface area (Å²) in [5.41, 5.74) is 12.4. The normalized spacial score (nSPS) is 10.9. The van der Waals surface area contributed by atoms with E-state index in [-0.39, 0.29) is 84.9 Å². The van der Waals surface area contributed by atoms with Crippen molar-refractivity contribution in [2.75, 3.05) is 60.6 Å². The number of halogens is 11. The number of hydrazine groups is 1. The molecular weight excluding hydrogens is 1990 g/mol. The summed E-state index contributed by atoms with van der Waals surface area (Å²) in [4.78, 5) is 138. The number of hydroxylamine groups is 3. The summed E-state index contributed by atoms with van der Waals surface area (Å²) < 4.78 is 129. The Hall–Kier alpha value is -6.35. The fourth-order valence-corrected chi connectivity index (χ4v) is 8.58. The van der Waals surface area contributed by atoms with Gasteiger partial charge >= 0.3 is 50.8 Å². The van der Waals surface area contributed by atoms with Gasteiger partial charge in [-0.25, -0.2) is 33.3 Å². The fourth-order valence-electron chi connectivity index (χ4n) is 6.12. The van der Waals surface area contributed by atoms with Gasteiger partial charge in [-0.3, -0.25) is 83.0 Å². The van der Waals surface area contributed by atoms with Gasteiger partial charge in [0.05, 0.1) is 60.9 Å². The molecular formula is C59H69F6I5N12O19S2. The molecule has 0 bridgehead atoms. The van der Waals surface area contributed by atoms with Crippen LogP contribution in [0.5, 0.6) is 0 Å². The summed E-state index contributed by atoms with van der Waals surface area (Å²) >= 11 is 9.17. The van der Waals surface area contributed by atoms with Crippen molar-refractivity contribution >= 4 is 192 Å². The van der Waals surface area contributed by atoms with Crippen LogP contribution >= 0.6 is 113 Å². The van der Waals surface area contributed by atoms with Crippen LogP contribution in [0.1, 0.15) is 27.8 Å². The number of alkyl halides is 11. The summed E-state index contributed by atoms with van der Waals surface area (Å²) in [5, 5.41) is 6.35. The summed E-state index contributed by atoms with van der Waals surface area (Å²) in [6.45, 7) is -0.166. The lowest BCUT2D eigenvalue weighted by molar-refractivity contribution is -0.217. The summed E-state index contributed by atoms with van der Waals surface area (Å²) in [5.74, 6) is -21.2. The minimum absolute atomic E-state index is 0.0614. The topological polar surface area (TPSA) is 429 Å². The van der Waals surface area contributed by atoms with Crippen LogP contribution in [0.15, 0.2) is 152 Å². The lowest BCUT2D eigenvalue weighted by Gasteiger charge is -2.24. The Morgan fingerprint density at radius 3 is 1.04 bits per heavy atom. The fraction of sp³-hybridized carbons (Fsp3) is 0.322. The molecule has 0 spiro atoms. The zero-order chi connectivity index (χ0) is 77.2. The third-order valence-corrected chi connectivity index (χ3v) is 16.9. The highest BCUT2D eigenvalue weighted by molar-refractivity contribution is 14.1. The molecule has 12 N–H and O–H groups in total. The van der Waals surface area contributed by atoms with Gasteiger partial charge in [-0.15, -0.1) is 0 Å². The highest BCUT2D eigenvalue weighted by Gasteiger charge is 2.67. The maximum atomic E-state index is 13.7. The maximum Gasteiger partial charge on any atom is 0.438 e. The van der Waals surface area contributed by atoms with Crippen molar-refractivity contribution in [2.45, 2.75) is 50.1 Å². The van der Waals surface area contributed by atoms with Crippen molar-refractivity contribution in [2.24, 2.45) is 0 Å². The van der Waals surface area contributed by atoms with Crippen LogP contribution in [0.4, 0.5) is 26.3 Å². The molecule has 0 aliphatic heterocycles. The molecule has 0 saturated carbocycles. The number of hydrogen-bond donors (Lipinski definition) is 12. The van der Waals surface area contributed by atoms with E-state index in [1.54, 1.807) is 111 Å². The van der Waals surface area contributed by atoms with E-state index < -0.39 is 85.0 Å². The summed E-state index contributed by atoms with van der Waals surface area (Å²) in [7, 11) is -9.00. The van der Waals surface area contributed by atoms with Gasteiger partial charge in [0, 0.05) is 32.7 Å². The molecule has 44 heteroatoms. The van der Waals surface area contributed by atoms with E-state index in [9.17, 15) is 91.1 Å². The molecule has 0 heterocycles. The second-order valence-electron chi connectivity index (χ2n) is 19.1. The number of amides is 10. The molecule has 31 nitrogen and oxygen atoms in total. The number of benzene rings is 5. The van der Waals surface area contributed by atoms with Gasteiger partial charge in [0.25, 0.3) is 11.8 Å². The number of carbonyl (C=O) groups is 10.